The van der Waals surface area contributed by atoms with Crippen molar-refractivity contribution in [3.05, 3.63) is 35.9 Å². The summed E-state index contributed by atoms with van der Waals surface area (Å²) in [5.74, 6) is 0. The van der Waals surface area contributed by atoms with Crippen LogP contribution in [0.2, 0.25) is 0 Å². The summed E-state index contributed by atoms with van der Waals surface area (Å²) < 4.78 is 12.1. The highest BCUT2D eigenvalue weighted by atomic mass is 16.5. The van der Waals surface area contributed by atoms with E-state index in [9.17, 15) is 0 Å². The second-order valence-electron chi connectivity index (χ2n) is 1.76. The average Bonchev–Trinajstić information content (AvgIpc) is 2.05. The minimum atomic E-state index is -0.541. The Morgan fingerprint density at radius 2 is 2.11 bits per heavy atom. The van der Waals surface area contributed by atoms with Gasteiger partial charge in [-0.3, -0.25) is 0 Å². The van der Waals surface area contributed by atoms with Crippen LogP contribution in [0.5, 0.6) is 0 Å². The zero-order chi connectivity index (χ0) is 7.40. The Bertz CT molecular complexity index is 186. The molecule has 0 amide bonds. The van der Waals surface area contributed by atoms with Crippen molar-refractivity contribution in [1.29, 1.82) is 0 Å². The Morgan fingerprint density at radius 1 is 1.44 bits per heavy atom. The van der Waals surface area contributed by atoms with Crippen molar-refractivity contribution >= 4 is 0 Å². The molecule has 0 aliphatic rings. The van der Waals surface area contributed by atoms with E-state index < -0.39 is 6.58 Å². The van der Waals surface area contributed by atoms with Gasteiger partial charge in [-0.1, -0.05) is 30.3 Å². The average molecular weight is 123 g/mol. The molecule has 0 bridgehead atoms. The van der Waals surface area contributed by atoms with Gasteiger partial charge in [0.2, 0.25) is 0 Å². The number of ether oxygens (including phenoxy) is 1. The molecule has 0 heterocycles. The van der Waals surface area contributed by atoms with Gasteiger partial charge in [-0.2, -0.15) is 0 Å². The lowest BCUT2D eigenvalue weighted by Gasteiger charge is -1.95. The highest BCUT2D eigenvalue weighted by Gasteiger charge is 1.84. The fourth-order valence-electron chi connectivity index (χ4n) is 0.668. The third kappa shape index (κ3) is 1.86. The molecular weight excluding hydrogens is 112 g/mol. The van der Waals surface area contributed by atoms with Crippen LogP contribution in [0.4, 0.5) is 0 Å². The maximum absolute atomic E-state index is 7.34. The van der Waals surface area contributed by atoms with Crippen molar-refractivity contribution in [2.75, 3.05) is 7.11 Å². The van der Waals surface area contributed by atoms with Gasteiger partial charge in [0.1, 0.15) is 0 Å². The largest absolute Gasteiger partial charge is 0.380 e. The lowest BCUT2D eigenvalue weighted by Crippen LogP contribution is -1.84. The smallest absolute Gasteiger partial charge is 0.0713 e. The van der Waals surface area contributed by atoms with Crippen LogP contribution in [0.3, 0.4) is 0 Å². The second kappa shape index (κ2) is 3.25. The Morgan fingerprint density at radius 3 is 2.67 bits per heavy atom. The first-order chi connectivity index (χ1) is 4.84. The van der Waals surface area contributed by atoms with Crippen molar-refractivity contribution in [2.24, 2.45) is 0 Å². The van der Waals surface area contributed by atoms with Gasteiger partial charge in [-0.05, 0) is 5.56 Å². The monoisotopic (exact) mass is 123 g/mol. The minimum Gasteiger partial charge on any atom is -0.380 e. The van der Waals surface area contributed by atoms with Crippen LogP contribution in [0.15, 0.2) is 30.3 Å². The summed E-state index contributed by atoms with van der Waals surface area (Å²) in [5.41, 5.74) is 0.894. The highest BCUT2D eigenvalue weighted by Crippen LogP contribution is 1.98. The molecule has 1 rings (SSSR count). The standard InChI is InChI=1S/C8H10O/c1-9-7-8-5-3-2-4-6-8/h2-6H,7H2,1H3/i7D/t7-/m0/s1. The maximum Gasteiger partial charge on any atom is 0.0713 e. The lowest BCUT2D eigenvalue weighted by atomic mass is 10.2. The molecule has 0 unspecified atom stereocenters. The van der Waals surface area contributed by atoms with Crippen molar-refractivity contribution < 1.29 is 6.11 Å². The molecule has 0 N–H and O–H groups in total. The SMILES string of the molecule is [2H][C@H](OC)c1ccccc1. The van der Waals surface area contributed by atoms with E-state index in [-0.39, 0.29) is 0 Å². The van der Waals surface area contributed by atoms with Crippen molar-refractivity contribution in [1.82, 2.24) is 0 Å². The van der Waals surface area contributed by atoms with Gasteiger partial charge in [-0.25, -0.2) is 0 Å². The fourth-order valence-corrected chi connectivity index (χ4v) is 0.668. The molecule has 0 aromatic heterocycles. The molecule has 0 aliphatic heterocycles. The first-order valence-electron chi connectivity index (χ1n) is 3.42. The van der Waals surface area contributed by atoms with Gasteiger partial charge in [0.15, 0.2) is 0 Å². The quantitative estimate of drug-likeness (QED) is 0.583. The van der Waals surface area contributed by atoms with E-state index in [4.69, 9.17) is 6.11 Å². The molecule has 48 valence electrons. The summed E-state index contributed by atoms with van der Waals surface area (Å²) >= 11 is 0. The van der Waals surface area contributed by atoms with Gasteiger partial charge in [0.05, 0.1) is 7.95 Å². The van der Waals surface area contributed by atoms with E-state index in [0.717, 1.165) is 5.56 Å². The van der Waals surface area contributed by atoms with Crippen LogP contribution in [0, 0.1) is 0 Å². The molecular formula is C8H10O. The zero-order valence-electron chi connectivity index (χ0n) is 6.37. The first kappa shape index (κ1) is 5.00. The molecule has 1 aromatic rings. The Hall–Kier alpha value is -0.820. The molecule has 0 saturated heterocycles. The van der Waals surface area contributed by atoms with Crippen LogP contribution >= 0.6 is 0 Å². The molecule has 9 heavy (non-hydrogen) atoms. The molecule has 0 fully saturated rings. The number of methoxy groups -OCH3 is 1. The van der Waals surface area contributed by atoms with Crippen LogP contribution in [-0.4, -0.2) is 7.11 Å². The summed E-state index contributed by atoms with van der Waals surface area (Å²) in [6, 6.07) is 9.47. The molecule has 0 radical (unpaired) electrons. The van der Waals surface area contributed by atoms with E-state index in [1.807, 2.05) is 30.3 Å². The normalized spacial score (nSPS) is 14.6. The number of benzene rings is 1. The van der Waals surface area contributed by atoms with Crippen molar-refractivity contribution in [2.45, 2.75) is 6.58 Å². The summed E-state index contributed by atoms with van der Waals surface area (Å²) in [6.07, 6.45) is 0. The predicted octanol–water partition coefficient (Wildman–Crippen LogP) is 1.83. The zero-order valence-corrected chi connectivity index (χ0v) is 5.37. The van der Waals surface area contributed by atoms with Crippen molar-refractivity contribution in [3.63, 3.8) is 0 Å². The topological polar surface area (TPSA) is 9.23 Å². The second-order valence-corrected chi connectivity index (χ2v) is 1.76. The molecule has 0 saturated carbocycles. The Kier molecular flexibility index (Phi) is 1.81. The number of rotatable bonds is 2. The van der Waals surface area contributed by atoms with Crippen LogP contribution in [0.1, 0.15) is 6.93 Å². The Labute approximate surface area is 56.7 Å². The van der Waals surface area contributed by atoms with E-state index in [1.54, 1.807) is 0 Å². The summed E-state index contributed by atoms with van der Waals surface area (Å²) in [6.45, 7) is -0.541. The van der Waals surface area contributed by atoms with Gasteiger partial charge >= 0.3 is 0 Å². The minimum absolute atomic E-state index is 0.541. The highest BCUT2D eigenvalue weighted by molar-refractivity contribution is 5.13. The van der Waals surface area contributed by atoms with Gasteiger partial charge < -0.3 is 4.74 Å². The third-order valence-corrected chi connectivity index (χ3v) is 1.05. The van der Waals surface area contributed by atoms with Crippen molar-refractivity contribution in [3.8, 4) is 0 Å². The van der Waals surface area contributed by atoms with E-state index >= 15 is 0 Å². The van der Waals surface area contributed by atoms with E-state index in [1.165, 1.54) is 7.11 Å². The third-order valence-electron chi connectivity index (χ3n) is 1.05. The number of hydrogen-bond donors (Lipinski definition) is 0. The molecule has 1 heteroatoms. The first-order valence-corrected chi connectivity index (χ1v) is 2.84. The molecule has 0 spiro atoms. The maximum atomic E-state index is 7.34. The lowest BCUT2D eigenvalue weighted by molar-refractivity contribution is 0.185. The van der Waals surface area contributed by atoms with Crippen LogP contribution in [0.25, 0.3) is 0 Å². The van der Waals surface area contributed by atoms with Gasteiger partial charge in [-0.15, -0.1) is 0 Å². The van der Waals surface area contributed by atoms with Crippen LogP contribution in [-0.2, 0) is 11.3 Å². The molecule has 1 atom stereocenters. The molecule has 0 aliphatic carbocycles. The predicted molar refractivity (Wildman–Crippen MR) is 37.2 cm³/mol. The molecule has 1 aromatic carbocycles. The van der Waals surface area contributed by atoms with E-state index in [2.05, 4.69) is 0 Å². The summed E-state index contributed by atoms with van der Waals surface area (Å²) in [4.78, 5) is 0. The molecule has 1 nitrogen and oxygen atoms in total. The van der Waals surface area contributed by atoms with Gasteiger partial charge in [0.25, 0.3) is 0 Å². The van der Waals surface area contributed by atoms with E-state index in [0.29, 0.717) is 0 Å². The summed E-state index contributed by atoms with van der Waals surface area (Å²) in [5, 5.41) is 0. The summed E-state index contributed by atoms with van der Waals surface area (Å²) in [7, 11) is 1.53. The fraction of sp³-hybridized carbons (Fsp3) is 0.250. The Balaban J connectivity index is 2.75. The van der Waals surface area contributed by atoms with Gasteiger partial charge in [0, 0.05) is 7.11 Å². The van der Waals surface area contributed by atoms with Crippen LogP contribution < -0.4 is 0 Å². The number of hydrogen-bond acceptors (Lipinski definition) is 1.